The minimum atomic E-state index is -0.509. The first-order valence-corrected chi connectivity index (χ1v) is 4.39. The lowest BCUT2D eigenvalue weighted by molar-refractivity contribution is -0.384. The van der Waals surface area contributed by atoms with E-state index in [2.05, 4.69) is 4.98 Å². The van der Waals surface area contributed by atoms with Crippen molar-refractivity contribution < 1.29 is 10.0 Å². The quantitative estimate of drug-likeness (QED) is 0.459. The van der Waals surface area contributed by atoms with Crippen LogP contribution in [0.4, 0.5) is 5.69 Å². The van der Waals surface area contributed by atoms with Gasteiger partial charge in [-0.2, -0.15) is 0 Å². The lowest BCUT2D eigenvalue weighted by Gasteiger charge is -2.01. The predicted molar refractivity (Wildman–Crippen MR) is 55.1 cm³/mol. The molecule has 0 atom stereocenters. The normalized spacial score (nSPS) is 10.5. The summed E-state index contributed by atoms with van der Waals surface area (Å²) in [4.78, 5) is 13.7. The number of hydrogen-bond acceptors (Lipinski definition) is 4. The Balaban J connectivity index is 2.75. The van der Waals surface area contributed by atoms with Gasteiger partial charge in [-0.25, -0.2) is 4.98 Å². The highest BCUT2D eigenvalue weighted by atomic mass is 35.5. The zero-order chi connectivity index (χ0) is 11.0. The zero-order valence-corrected chi connectivity index (χ0v) is 8.10. The van der Waals surface area contributed by atoms with Crippen LogP contribution in [-0.2, 0) is 0 Å². The van der Waals surface area contributed by atoms with Crippen LogP contribution >= 0.6 is 11.6 Å². The molecule has 0 radical (unpaired) electrons. The van der Waals surface area contributed by atoms with Crippen LogP contribution in [0.15, 0.2) is 24.4 Å². The number of non-ortho nitro benzene ring substituents is 1. The second-order valence-corrected chi connectivity index (χ2v) is 3.28. The molecular formula is C9H5ClN2O3. The number of hydrogen-bond donors (Lipinski definition) is 1. The molecule has 0 fully saturated rings. The van der Waals surface area contributed by atoms with Gasteiger partial charge in [0.2, 0.25) is 0 Å². The molecule has 0 unspecified atom stereocenters. The summed E-state index contributed by atoms with van der Waals surface area (Å²) in [5.74, 6) is -0.163. The molecule has 1 aromatic heterocycles. The van der Waals surface area contributed by atoms with E-state index in [4.69, 9.17) is 11.6 Å². The van der Waals surface area contributed by atoms with Crippen LogP contribution in [0.2, 0.25) is 5.15 Å². The Morgan fingerprint density at radius 2 is 2.20 bits per heavy atom. The molecule has 0 aliphatic carbocycles. The molecule has 0 spiro atoms. The number of aromatic nitrogens is 1. The molecule has 1 heterocycles. The fourth-order valence-corrected chi connectivity index (χ4v) is 1.44. The van der Waals surface area contributed by atoms with Gasteiger partial charge in [0.25, 0.3) is 5.69 Å². The zero-order valence-electron chi connectivity index (χ0n) is 7.35. The highest BCUT2D eigenvalue weighted by molar-refractivity contribution is 6.31. The molecule has 5 nitrogen and oxygen atoms in total. The SMILES string of the molecule is O=[N+]([O-])c1ccc2c(O)c(Cl)ncc2c1. The summed E-state index contributed by atoms with van der Waals surface area (Å²) in [6.07, 6.45) is 1.38. The van der Waals surface area contributed by atoms with Gasteiger partial charge >= 0.3 is 0 Å². The van der Waals surface area contributed by atoms with Crippen molar-refractivity contribution in [3.05, 3.63) is 39.7 Å². The first-order chi connectivity index (χ1) is 7.09. The monoisotopic (exact) mass is 224 g/mol. The van der Waals surface area contributed by atoms with E-state index in [0.29, 0.717) is 10.8 Å². The smallest absolute Gasteiger partial charge is 0.270 e. The maximum absolute atomic E-state index is 10.5. The largest absolute Gasteiger partial charge is 0.504 e. The number of rotatable bonds is 1. The maximum Gasteiger partial charge on any atom is 0.270 e. The Labute approximate surface area is 89.1 Å². The summed E-state index contributed by atoms with van der Waals surface area (Å²) in [6, 6.07) is 4.08. The number of benzene rings is 1. The number of nitrogens with zero attached hydrogens (tertiary/aromatic N) is 2. The van der Waals surface area contributed by atoms with E-state index >= 15 is 0 Å². The van der Waals surface area contributed by atoms with Gasteiger partial charge in [-0.15, -0.1) is 0 Å². The summed E-state index contributed by atoms with van der Waals surface area (Å²) >= 11 is 5.59. The highest BCUT2D eigenvalue weighted by Gasteiger charge is 2.10. The van der Waals surface area contributed by atoms with Crippen LogP contribution in [0.1, 0.15) is 0 Å². The number of pyridine rings is 1. The Hall–Kier alpha value is -1.88. The third kappa shape index (κ3) is 1.57. The third-order valence-corrected chi connectivity index (χ3v) is 2.29. The van der Waals surface area contributed by atoms with Gasteiger partial charge in [-0.3, -0.25) is 10.1 Å². The lowest BCUT2D eigenvalue weighted by Crippen LogP contribution is -1.88. The Morgan fingerprint density at radius 3 is 2.87 bits per heavy atom. The first kappa shape index (κ1) is 9.67. The predicted octanol–water partition coefficient (Wildman–Crippen LogP) is 2.50. The summed E-state index contributed by atoms with van der Waals surface area (Å²) in [7, 11) is 0. The number of nitro benzene ring substituents is 1. The third-order valence-electron chi connectivity index (χ3n) is 2.01. The molecule has 0 saturated carbocycles. The van der Waals surface area contributed by atoms with E-state index in [9.17, 15) is 15.2 Å². The summed E-state index contributed by atoms with van der Waals surface area (Å²) < 4.78 is 0. The average molecular weight is 225 g/mol. The second-order valence-electron chi connectivity index (χ2n) is 2.93. The molecule has 0 aliphatic rings. The van der Waals surface area contributed by atoms with E-state index < -0.39 is 4.92 Å². The summed E-state index contributed by atoms with van der Waals surface area (Å²) in [6.45, 7) is 0. The average Bonchev–Trinajstić information content (AvgIpc) is 2.23. The minimum absolute atomic E-state index is 0.0173. The van der Waals surface area contributed by atoms with Gasteiger partial charge in [0, 0.05) is 29.1 Å². The van der Waals surface area contributed by atoms with Crippen LogP contribution in [0.5, 0.6) is 5.75 Å². The van der Waals surface area contributed by atoms with Crippen molar-refractivity contribution in [1.29, 1.82) is 0 Å². The summed E-state index contributed by atoms with van der Waals surface area (Å²) in [5.41, 5.74) is -0.0500. The van der Waals surface area contributed by atoms with E-state index in [-0.39, 0.29) is 16.6 Å². The Morgan fingerprint density at radius 1 is 1.47 bits per heavy atom. The van der Waals surface area contributed by atoms with Crippen molar-refractivity contribution in [3.8, 4) is 5.75 Å². The minimum Gasteiger partial charge on any atom is -0.504 e. The number of halogens is 1. The van der Waals surface area contributed by atoms with Crippen molar-refractivity contribution >= 4 is 28.1 Å². The molecule has 0 aliphatic heterocycles. The maximum atomic E-state index is 10.5. The van der Waals surface area contributed by atoms with E-state index in [0.717, 1.165) is 0 Å². The van der Waals surface area contributed by atoms with Gasteiger partial charge in [0.05, 0.1) is 4.92 Å². The van der Waals surface area contributed by atoms with Crippen LogP contribution < -0.4 is 0 Å². The topological polar surface area (TPSA) is 76.3 Å². The molecule has 6 heteroatoms. The standard InChI is InChI=1S/C9H5ClN2O3/c10-9-8(13)7-2-1-6(12(14)15)3-5(7)4-11-9/h1-4,13H. The van der Waals surface area contributed by atoms with E-state index in [1.165, 1.54) is 24.4 Å². The van der Waals surface area contributed by atoms with Crippen LogP contribution in [0.25, 0.3) is 10.8 Å². The van der Waals surface area contributed by atoms with Gasteiger partial charge in [-0.1, -0.05) is 11.6 Å². The van der Waals surface area contributed by atoms with Crippen LogP contribution in [-0.4, -0.2) is 15.0 Å². The molecular weight excluding hydrogens is 220 g/mol. The fraction of sp³-hybridized carbons (Fsp3) is 0. The fourth-order valence-electron chi connectivity index (χ4n) is 1.28. The number of aromatic hydroxyl groups is 1. The molecule has 15 heavy (non-hydrogen) atoms. The van der Waals surface area contributed by atoms with Gasteiger partial charge in [0.15, 0.2) is 10.9 Å². The Kier molecular flexibility index (Phi) is 2.17. The van der Waals surface area contributed by atoms with Gasteiger partial charge in [0.1, 0.15) is 0 Å². The molecule has 1 N–H and O–H groups in total. The van der Waals surface area contributed by atoms with Crippen molar-refractivity contribution in [2.45, 2.75) is 0 Å². The molecule has 1 aromatic carbocycles. The van der Waals surface area contributed by atoms with Crippen LogP contribution in [0.3, 0.4) is 0 Å². The van der Waals surface area contributed by atoms with E-state index in [1.54, 1.807) is 0 Å². The summed E-state index contributed by atoms with van der Waals surface area (Å²) in [5, 5.41) is 20.9. The highest BCUT2D eigenvalue weighted by Crippen LogP contribution is 2.31. The Bertz CT molecular complexity index is 556. The molecule has 76 valence electrons. The van der Waals surface area contributed by atoms with Crippen molar-refractivity contribution in [1.82, 2.24) is 4.98 Å². The second kappa shape index (κ2) is 3.36. The van der Waals surface area contributed by atoms with E-state index in [1.807, 2.05) is 0 Å². The van der Waals surface area contributed by atoms with Gasteiger partial charge < -0.3 is 5.11 Å². The molecule has 0 amide bonds. The van der Waals surface area contributed by atoms with Crippen LogP contribution in [0, 0.1) is 10.1 Å². The lowest BCUT2D eigenvalue weighted by atomic mass is 10.1. The molecule has 2 rings (SSSR count). The molecule has 0 saturated heterocycles. The number of fused-ring (bicyclic) bond motifs is 1. The number of nitro groups is 1. The van der Waals surface area contributed by atoms with Gasteiger partial charge in [-0.05, 0) is 6.07 Å². The van der Waals surface area contributed by atoms with Crippen molar-refractivity contribution in [2.24, 2.45) is 0 Å². The first-order valence-electron chi connectivity index (χ1n) is 4.01. The molecule has 2 aromatic rings. The van der Waals surface area contributed by atoms with Crippen molar-refractivity contribution in [2.75, 3.05) is 0 Å². The molecule has 0 bridgehead atoms. The van der Waals surface area contributed by atoms with Crippen molar-refractivity contribution in [3.63, 3.8) is 0 Å².